The van der Waals surface area contributed by atoms with Gasteiger partial charge in [-0.25, -0.2) is 4.39 Å². The van der Waals surface area contributed by atoms with E-state index in [0.29, 0.717) is 6.54 Å². The number of rotatable bonds is 6. The maximum atomic E-state index is 13.1. The Morgan fingerprint density at radius 2 is 1.96 bits per heavy atom. The molecule has 146 valence electrons. The molecule has 2 aromatic rings. The minimum Gasteiger partial charge on any atom is -0.368 e. The van der Waals surface area contributed by atoms with E-state index in [-0.39, 0.29) is 35.5 Å². The highest BCUT2D eigenvalue weighted by atomic mass is 19.1. The first-order valence-corrected chi connectivity index (χ1v) is 9.70. The zero-order valence-electron chi connectivity index (χ0n) is 15.6. The SMILES string of the molecule is NC(=O)C1CCCN1Cc1cccc(NC(=O)C2CC2c2ccc(F)cc2)c1. The fraction of sp³-hybridized carbons (Fsp3) is 0.364. The predicted molar refractivity (Wildman–Crippen MR) is 105 cm³/mol. The maximum absolute atomic E-state index is 13.1. The number of hydrogen-bond acceptors (Lipinski definition) is 3. The molecule has 4 rings (SSSR count). The molecule has 3 N–H and O–H groups in total. The number of carbonyl (C=O) groups is 2. The van der Waals surface area contributed by atoms with E-state index < -0.39 is 0 Å². The Balaban J connectivity index is 1.36. The van der Waals surface area contributed by atoms with Crippen LogP contribution in [0.2, 0.25) is 0 Å². The average Bonchev–Trinajstić information content (AvgIpc) is 3.34. The monoisotopic (exact) mass is 381 g/mol. The lowest BCUT2D eigenvalue weighted by molar-refractivity contribution is -0.122. The zero-order valence-corrected chi connectivity index (χ0v) is 15.6. The fourth-order valence-corrected chi connectivity index (χ4v) is 4.12. The number of halogens is 1. The number of amides is 2. The fourth-order valence-electron chi connectivity index (χ4n) is 4.12. The molecule has 2 amide bonds. The van der Waals surface area contributed by atoms with Crippen LogP contribution >= 0.6 is 0 Å². The van der Waals surface area contributed by atoms with Crippen molar-refractivity contribution in [2.45, 2.75) is 37.8 Å². The van der Waals surface area contributed by atoms with Crippen LogP contribution in [-0.4, -0.2) is 29.3 Å². The average molecular weight is 381 g/mol. The van der Waals surface area contributed by atoms with Crippen LogP contribution in [0, 0.1) is 11.7 Å². The van der Waals surface area contributed by atoms with E-state index in [1.165, 1.54) is 12.1 Å². The Kier molecular flexibility index (Phi) is 5.13. The molecule has 0 bridgehead atoms. The molecule has 0 aromatic heterocycles. The van der Waals surface area contributed by atoms with Crippen LogP contribution in [0.4, 0.5) is 10.1 Å². The van der Waals surface area contributed by atoms with Crippen molar-refractivity contribution in [2.75, 3.05) is 11.9 Å². The summed E-state index contributed by atoms with van der Waals surface area (Å²) in [6, 6.07) is 13.9. The predicted octanol–water partition coefficient (Wildman–Crippen LogP) is 3.02. The lowest BCUT2D eigenvalue weighted by atomic mass is 10.1. The minimum absolute atomic E-state index is 0.0114. The molecule has 3 atom stereocenters. The van der Waals surface area contributed by atoms with E-state index in [2.05, 4.69) is 10.2 Å². The largest absolute Gasteiger partial charge is 0.368 e. The van der Waals surface area contributed by atoms with Gasteiger partial charge in [0.25, 0.3) is 0 Å². The van der Waals surface area contributed by atoms with Crippen LogP contribution in [-0.2, 0) is 16.1 Å². The van der Waals surface area contributed by atoms with Crippen LogP contribution in [0.5, 0.6) is 0 Å². The highest BCUT2D eigenvalue weighted by Crippen LogP contribution is 2.48. The van der Waals surface area contributed by atoms with Gasteiger partial charge in [0.05, 0.1) is 6.04 Å². The Labute approximate surface area is 163 Å². The standard InChI is InChI=1S/C22H24FN3O2/c23-16-8-6-15(7-9-16)18-12-19(18)22(28)25-17-4-1-3-14(11-17)13-26-10-2-5-20(26)21(24)27/h1,3-4,6-9,11,18-20H,2,5,10,12-13H2,(H2,24,27)(H,25,28). The lowest BCUT2D eigenvalue weighted by Gasteiger charge is -2.22. The van der Waals surface area contributed by atoms with Gasteiger partial charge >= 0.3 is 0 Å². The van der Waals surface area contributed by atoms with Gasteiger partial charge in [-0.1, -0.05) is 24.3 Å². The van der Waals surface area contributed by atoms with E-state index in [0.717, 1.165) is 42.6 Å². The van der Waals surface area contributed by atoms with Gasteiger partial charge in [0.2, 0.25) is 11.8 Å². The summed E-state index contributed by atoms with van der Waals surface area (Å²) in [6.45, 7) is 1.49. The first-order chi connectivity index (χ1) is 13.5. The lowest BCUT2D eigenvalue weighted by Crippen LogP contribution is -2.39. The second kappa shape index (κ2) is 7.72. The Hall–Kier alpha value is -2.73. The van der Waals surface area contributed by atoms with Crippen LogP contribution in [0.1, 0.15) is 36.3 Å². The van der Waals surface area contributed by atoms with E-state index in [1.807, 2.05) is 24.3 Å². The molecular weight excluding hydrogens is 357 g/mol. The number of hydrogen-bond donors (Lipinski definition) is 2. The van der Waals surface area contributed by atoms with Crippen molar-refractivity contribution in [3.05, 3.63) is 65.5 Å². The van der Waals surface area contributed by atoms with Crippen molar-refractivity contribution in [2.24, 2.45) is 11.7 Å². The van der Waals surface area contributed by atoms with Gasteiger partial charge in [0.1, 0.15) is 5.82 Å². The molecule has 1 saturated heterocycles. The van der Waals surface area contributed by atoms with Gasteiger partial charge in [-0.15, -0.1) is 0 Å². The number of carbonyl (C=O) groups excluding carboxylic acids is 2. The number of anilines is 1. The summed E-state index contributed by atoms with van der Waals surface area (Å²) < 4.78 is 13.1. The molecule has 5 nitrogen and oxygen atoms in total. The number of likely N-dealkylation sites (tertiary alicyclic amines) is 1. The topological polar surface area (TPSA) is 75.4 Å². The highest BCUT2D eigenvalue weighted by Gasteiger charge is 2.43. The summed E-state index contributed by atoms with van der Waals surface area (Å²) in [5, 5.41) is 2.99. The van der Waals surface area contributed by atoms with Crippen molar-refractivity contribution < 1.29 is 14.0 Å². The second-order valence-corrected chi connectivity index (χ2v) is 7.72. The smallest absolute Gasteiger partial charge is 0.234 e. The molecule has 2 aliphatic rings. The molecule has 3 unspecified atom stereocenters. The van der Waals surface area contributed by atoms with Crippen molar-refractivity contribution in [1.82, 2.24) is 4.90 Å². The summed E-state index contributed by atoms with van der Waals surface area (Å²) in [5.74, 6) is -0.472. The van der Waals surface area contributed by atoms with Gasteiger partial charge < -0.3 is 11.1 Å². The molecule has 0 radical (unpaired) electrons. The minimum atomic E-state index is -0.275. The summed E-state index contributed by atoms with van der Waals surface area (Å²) in [5.41, 5.74) is 8.28. The van der Waals surface area contributed by atoms with E-state index >= 15 is 0 Å². The Morgan fingerprint density at radius 1 is 1.18 bits per heavy atom. The molecule has 1 aliphatic carbocycles. The number of nitrogens with two attached hydrogens (primary N) is 1. The Morgan fingerprint density at radius 3 is 2.71 bits per heavy atom. The number of nitrogens with one attached hydrogen (secondary N) is 1. The van der Waals surface area contributed by atoms with Gasteiger partial charge in [-0.3, -0.25) is 14.5 Å². The van der Waals surface area contributed by atoms with Gasteiger partial charge in [-0.05, 0) is 67.1 Å². The second-order valence-electron chi connectivity index (χ2n) is 7.72. The normalized spacial score (nSPS) is 24.1. The molecule has 0 spiro atoms. The number of nitrogens with zero attached hydrogens (tertiary/aromatic N) is 1. The van der Waals surface area contributed by atoms with Crippen molar-refractivity contribution in [1.29, 1.82) is 0 Å². The third-order valence-electron chi connectivity index (χ3n) is 5.70. The zero-order chi connectivity index (χ0) is 19.7. The third kappa shape index (κ3) is 4.07. The molecule has 1 aliphatic heterocycles. The summed E-state index contributed by atoms with van der Waals surface area (Å²) in [6.07, 6.45) is 2.56. The molecule has 1 saturated carbocycles. The van der Waals surface area contributed by atoms with Crippen LogP contribution < -0.4 is 11.1 Å². The maximum Gasteiger partial charge on any atom is 0.234 e. The van der Waals surface area contributed by atoms with Crippen LogP contribution in [0.15, 0.2) is 48.5 Å². The number of benzene rings is 2. The summed E-state index contributed by atoms with van der Waals surface area (Å²) in [7, 11) is 0. The number of primary amides is 1. The van der Waals surface area contributed by atoms with E-state index in [9.17, 15) is 14.0 Å². The summed E-state index contributed by atoms with van der Waals surface area (Å²) in [4.78, 5) is 26.2. The van der Waals surface area contributed by atoms with Gasteiger partial charge in [0, 0.05) is 18.2 Å². The van der Waals surface area contributed by atoms with Crippen molar-refractivity contribution in [3.8, 4) is 0 Å². The van der Waals surface area contributed by atoms with E-state index in [1.54, 1.807) is 12.1 Å². The highest BCUT2D eigenvalue weighted by molar-refractivity contribution is 5.95. The van der Waals surface area contributed by atoms with Gasteiger partial charge in [-0.2, -0.15) is 0 Å². The molecule has 28 heavy (non-hydrogen) atoms. The van der Waals surface area contributed by atoms with Crippen LogP contribution in [0.25, 0.3) is 0 Å². The molecule has 2 fully saturated rings. The van der Waals surface area contributed by atoms with Crippen molar-refractivity contribution >= 4 is 17.5 Å². The molecular formula is C22H24FN3O2. The summed E-state index contributed by atoms with van der Waals surface area (Å²) >= 11 is 0. The van der Waals surface area contributed by atoms with Crippen molar-refractivity contribution in [3.63, 3.8) is 0 Å². The van der Waals surface area contributed by atoms with E-state index in [4.69, 9.17) is 5.73 Å². The first-order valence-electron chi connectivity index (χ1n) is 9.70. The molecule has 6 heteroatoms. The third-order valence-corrected chi connectivity index (χ3v) is 5.70. The molecule has 2 aromatic carbocycles. The first kappa shape index (κ1) is 18.6. The Bertz CT molecular complexity index is 884. The quantitative estimate of drug-likeness (QED) is 0.808. The van der Waals surface area contributed by atoms with Gasteiger partial charge in [0.15, 0.2) is 0 Å². The molecule has 1 heterocycles. The van der Waals surface area contributed by atoms with Crippen LogP contribution in [0.3, 0.4) is 0 Å².